The Morgan fingerprint density at radius 2 is 2.27 bits per heavy atom. The molecule has 2 aromatic rings. The van der Waals surface area contributed by atoms with Gasteiger partial charge >= 0.3 is 0 Å². The SMILES string of the molecule is CCN=C(NN)c1coc2ccccc12. The topological polar surface area (TPSA) is 63.5 Å². The van der Waals surface area contributed by atoms with Crippen molar-refractivity contribution in [2.45, 2.75) is 6.92 Å². The molecule has 0 aliphatic carbocycles. The van der Waals surface area contributed by atoms with Crippen LogP contribution in [0.25, 0.3) is 11.0 Å². The average molecular weight is 203 g/mol. The highest BCUT2D eigenvalue weighted by Crippen LogP contribution is 2.20. The summed E-state index contributed by atoms with van der Waals surface area (Å²) in [4.78, 5) is 4.26. The van der Waals surface area contributed by atoms with E-state index in [1.54, 1.807) is 6.26 Å². The van der Waals surface area contributed by atoms with Gasteiger partial charge in [-0.15, -0.1) is 0 Å². The number of fused-ring (bicyclic) bond motifs is 1. The summed E-state index contributed by atoms with van der Waals surface area (Å²) in [5.74, 6) is 6.07. The third kappa shape index (κ3) is 1.71. The van der Waals surface area contributed by atoms with Crippen LogP contribution in [0.1, 0.15) is 12.5 Å². The number of nitrogens with two attached hydrogens (primary N) is 1. The fourth-order valence-electron chi connectivity index (χ4n) is 1.53. The minimum Gasteiger partial charge on any atom is -0.464 e. The molecule has 3 N–H and O–H groups in total. The zero-order valence-corrected chi connectivity index (χ0v) is 8.53. The first-order chi connectivity index (χ1) is 7.36. The van der Waals surface area contributed by atoms with E-state index >= 15 is 0 Å². The summed E-state index contributed by atoms with van der Waals surface area (Å²) < 4.78 is 5.40. The lowest BCUT2D eigenvalue weighted by Gasteiger charge is -2.02. The van der Waals surface area contributed by atoms with Crippen molar-refractivity contribution in [1.82, 2.24) is 5.43 Å². The molecule has 0 amide bonds. The first-order valence-electron chi connectivity index (χ1n) is 4.84. The number of nitrogens with one attached hydrogen (secondary N) is 1. The maximum Gasteiger partial charge on any atom is 0.146 e. The van der Waals surface area contributed by atoms with Crippen molar-refractivity contribution in [3.63, 3.8) is 0 Å². The monoisotopic (exact) mass is 203 g/mol. The van der Waals surface area contributed by atoms with Crippen molar-refractivity contribution in [1.29, 1.82) is 0 Å². The van der Waals surface area contributed by atoms with E-state index < -0.39 is 0 Å². The van der Waals surface area contributed by atoms with Gasteiger partial charge in [0.25, 0.3) is 0 Å². The lowest BCUT2D eigenvalue weighted by molar-refractivity contribution is 0.614. The fraction of sp³-hybridized carbons (Fsp3) is 0.182. The minimum atomic E-state index is 0.655. The number of benzene rings is 1. The second kappa shape index (κ2) is 4.14. The van der Waals surface area contributed by atoms with Crippen molar-refractivity contribution in [3.05, 3.63) is 36.1 Å². The van der Waals surface area contributed by atoms with Crippen LogP contribution >= 0.6 is 0 Å². The normalized spacial score (nSPS) is 12.0. The summed E-state index contributed by atoms with van der Waals surface area (Å²) in [5.41, 5.74) is 4.33. The molecular formula is C11H13N3O. The van der Waals surface area contributed by atoms with Crippen LogP contribution in [0.3, 0.4) is 0 Å². The second-order valence-electron chi connectivity index (χ2n) is 3.11. The summed E-state index contributed by atoms with van der Waals surface area (Å²) in [6.45, 7) is 2.64. The predicted octanol–water partition coefficient (Wildman–Crippen LogP) is 1.66. The number of aliphatic imine (C=N–C) groups is 1. The van der Waals surface area contributed by atoms with Crippen molar-refractivity contribution in [2.24, 2.45) is 10.8 Å². The molecule has 1 aromatic heterocycles. The molecule has 0 spiro atoms. The highest BCUT2D eigenvalue weighted by molar-refractivity contribution is 6.08. The Kier molecular flexibility index (Phi) is 2.69. The number of nitrogens with zero attached hydrogens (tertiary/aromatic N) is 1. The molecule has 0 bridgehead atoms. The minimum absolute atomic E-state index is 0.655. The smallest absolute Gasteiger partial charge is 0.146 e. The third-order valence-electron chi connectivity index (χ3n) is 2.19. The van der Waals surface area contributed by atoms with Crippen LogP contribution in [0, 0.1) is 0 Å². The van der Waals surface area contributed by atoms with E-state index in [0.717, 1.165) is 16.5 Å². The van der Waals surface area contributed by atoms with Crippen LogP contribution < -0.4 is 11.3 Å². The van der Waals surface area contributed by atoms with E-state index in [2.05, 4.69) is 10.4 Å². The van der Waals surface area contributed by atoms with Crippen molar-refractivity contribution in [3.8, 4) is 0 Å². The van der Waals surface area contributed by atoms with Crippen LogP contribution in [0.5, 0.6) is 0 Å². The Morgan fingerprint density at radius 3 is 3.00 bits per heavy atom. The number of rotatable bonds is 2. The molecule has 0 aliphatic rings. The maximum atomic E-state index is 5.42. The largest absolute Gasteiger partial charge is 0.464 e. The van der Waals surface area contributed by atoms with E-state index in [9.17, 15) is 0 Å². The summed E-state index contributed by atoms with van der Waals surface area (Å²) in [6.07, 6.45) is 1.67. The zero-order chi connectivity index (χ0) is 10.7. The van der Waals surface area contributed by atoms with Gasteiger partial charge in [-0.3, -0.25) is 4.99 Å². The Morgan fingerprint density at radius 1 is 1.47 bits per heavy atom. The lowest BCUT2D eigenvalue weighted by Crippen LogP contribution is -2.31. The van der Waals surface area contributed by atoms with Gasteiger partial charge in [-0.05, 0) is 13.0 Å². The molecule has 4 nitrogen and oxygen atoms in total. The molecule has 0 radical (unpaired) electrons. The first-order valence-corrected chi connectivity index (χ1v) is 4.84. The van der Waals surface area contributed by atoms with Crippen molar-refractivity contribution >= 4 is 16.8 Å². The number of hydrogen-bond donors (Lipinski definition) is 2. The zero-order valence-electron chi connectivity index (χ0n) is 8.53. The van der Waals surface area contributed by atoms with Crippen LogP contribution in [-0.4, -0.2) is 12.4 Å². The molecule has 0 aliphatic heterocycles. The van der Waals surface area contributed by atoms with Gasteiger partial charge in [0.2, 0.25) is 0 Å². The van der Waals surface area contributed by atoms with Gasteiger partial charge in [0.1, 0.15) is 17.7 Å². The van der Waals surface area contributed by atoms with Crippen LogP contribution in [0.2, 0.25) is 0 Å². The van der Waals surface area contributed by atoms with E-state index in [1.165, 1.54) is 0 Å². The van der Waals surface area contributed by atoms with Crippen LogP contribution in [0.4, 0.5) is 0 Å². The summed E-state index contributed by atoms with van der Waals surface area (Å²) >= 11 is 0. The van der Waals surface area contributed by atoms with Gasteiger partial charge in [-0.1, -0.05) is 18.2 Å². The number of hydrogen-bond acceptors (Lipinski definition) is 3. The van der Waals surface area contributed by atoms with Gasteiger partial charge in [0.05, 0.1) is 5.56 Å². The van der Waals surface area contributed by atoms with Gasteiger partial charge in [-0.25, -0.2) is 5.84 Å². The van der Waals surface area contributed by atoms with E-state index in [1.807, 2.05) is 31.2 Å². The molecule has 78 valence electrons. The Balaban J connectivity index is 2.56. The molecule has 2 rings (SSSR count). The summed E-state index contributed by atoms with van der Waals surface area (Å²) in [5, 5.41) is 1.02. The molecule has 0 unspecified atom stereocenters. The van der Waals surface area contributed by atoms with Gasteiger partial charge in [0, 0.05) is 11.9 Å². The van der Waals surface area contributed by atoms with Gasteiger partial charge < -0.3 is 9.84 Å². The Labute approximate surface area is 87.8 Å². The predicted molar refractivity (Wildman–Crippen MR) is 60.6 cm³/mol. The second-order valence-corrected chi connectivity index (χ2v) is 3.11. The standard InChI is InChI=1S/C11H13N3O/c1-2-13-11(14-12)9-7-15-10-6-4-3-5-8(9)10/h3-7H,2,12H2,1H3,(H,13,14). The van der Waals surface area contributed by atoms with E-state index in [4.69, 9.17) is 10.3 Å². The highest BCUT2D eigenvalue weighted by atomic mass is 16.3. The Hall–Kier alpha value is -1.81. The molecule has 0 saturated heterocycles. The quantitative estimate of drug-likeness (QED) is 0.338. The van der Waals surface area contributed by atoms with Gasteiger partial charge in [0.15, 0.2) is 0 Å². The lowest BCUT2D eigenvalue weighted by atomic mass is 10.1. The average Bonchev–Trinajstić information content (AvgIpc) is 2.70. The highest BCUT2D eigenvalue weighted by Gasteiger charge is 2.09. The summed E-state index contributed by atoms with van der Waals surface area (Å²) in [7, 11) is 0. The molecule has 1 heterocycles. The molecule has 4 heteroatoms. The molecule has 15 heavy (non-hydrogen) atoms. The Bertz CT molecular complexity index is 487. The van der Waals surface area contributed by atoms with E-state index in [0.29, 0.717) is 12.4 Å². The van der Waals surface area contributed by atoms with Gasteiger partial charge in [-0.2, -0.15) is 0 Å². The fourth-order valence-corrected chi connectivity index (χ4v) is 1.53. The van der Waals surface area contributed by atoms with Crippen LogP contribution in [-0.2, 0) is 0 Å². The number of para-hydroxylation sites is 1. The van der Waals surface area contributed by atoms with E-state index in [-0.39, 0.29) is 0 Å². The summed E-state index contributed by atoms with van der Waals surface area (Å²) in [6, 6.07) is 7.79. The molecule has 1 aromatic carbocycles. The molecule has 0 atom stereocenters. The molecule has 0 saturated carbocycles. The van der Waals surface area contributed by atoms with Crippen molar-refractivity contribution < 1.29 is 4.42 Å². The molecule has 0 fully saturated rings. The number of hydrazine groups is 1. The van der Waals surface area contributed by atoms with Crippen molar-refractivity contribution in [2.75, 3.05) is 6.54 Å². The molecular weight excluding hydrogens is 190 g/mol. The third-order valence-corrected chi connectivity index (χ3v) is 2.19. The number of furan rings is 1. The van der Waals surface area contributed by atoms with Crippen LogP contribution in [0.15, 0.2) is 39.9 Å². The maximum absolute atomic E-state index is 5.42. The number of amidine groups is 1. The first kappa shape index (κ1) is 9.73.